The van der Waals surface area contributed by atoms with E-state index in [1.54, 1.807) is 23.0 Å². The molecule has 2 heterocycles. The Morgan fingerprint density at radius 2 is 2.28 bits per heavy atom. The maximum atomic E-state index is 11.8. The quantitative estimate of drug-likeness (QED) is 0.522. The fourth-order valence-corrected chi connectivity index (χ4v) is 1.45. The van der Waals surface area contributed by atoms with E-state index >= 15 is 0 Å². The predicted molar refractivity (Wildman–Crippen MR) is 66.4 cm³/mol. The second-order valence-corrected chi connectivity index (χ2v) is 3.78. The SMILES string of the molecule is Cn1cc(CNC(=O)c2ccc(NN)cn2)cn1. The van der Waals surface area contributed by atoms with Crippen molar-refractivity contribution in [2.75, 3.05) is 5.43 Å². The molecule has 1 amide bonds. The summed E-state index contributed by atoms with van der Waals surface area (Å²) < 4.78 is 1.68. The van der Waals surface area contributed by atoms with Crippen molar-refractivity contribution in [3.63, 3.8) is 0 Å². The topological polar surface area (TPSA) is 97.9 Å². The van der Waals surface area contributed by atoms with Gasteiger partial charge in [0.05, 0.1) is 18.1 Å². The molecule has 7 nitrogen and oxygen atoms in total. The highest BCUT2D eigenvalue weighted by atomic mass is 16.1. The number of nitrogens with zero attached hydrogens (tertiary/aromatic N) is 3. The molecule has 0 unspecified atom stereocenters. The lowest BCUT2D eigenvalue weighted by Crippen LogP contribution is -2.23. The lowest BCUT2D eigenvalue weighted by molar-refractivity contribution is 0.0946. The van der Waals surface area contributed by atoms with E-state index in [4.69, 9.17) is 5.84 Å². The molecule has 0 fully saturated rings. The summed E-state index contributed by atoms with van der Waals surface area (Å²) >= 11 is 0. The molecule has 0 saturated carbocycles. The number of nitrogens with two attached hydrogens (primary N) is 1. The molecule has 0 radical (unpaired) electrons. The Hall–Kier alpha value is -2.41. The number of aromatic nitrogens is 3. The number of hydrogen-bond acceptors (Lipinski definition) is 5. The van der Waals surface area contributed by atoms with Crippen molar-refractivity contribution in [3.05, 3.63) is 42.0 Å². The normalized spacial score (nSPS) is 10.1. The molecule has 0 aromatic carbocycles. The molecular formula is C11H14N6O. The van der Waals surface area contributed by atoms with Crippen LogP contribution < -0.4 is 16.6 Å². The van der Waals surface area contributed by atoms with E-state index in [1.165, 1.54) is 6.20 Å². The Bertz CT molecular complexity index is 533. The van der Waals surface area contributed by atoms with E-state index in [1.807, 2.05) is 13.2 Å². The monoisotopic (exact) mass is 246 g/mol. The van der Waals surface area contributed by atoms with Crippen LogP contribution in [-0.2, 0) is 13.6 Å². The lowest BCUT2D eigenvalue weighted by atomic mass is 10.3. The van der Waals surface area contributed by atoms with Crippen molar-refractivity contribution in [1.29, 1.82) is 0 Å². The molecule has 94 valence electrons. The largest absolute Gasteiger partial charge is 0.347 e. The summed E-state index contributed by atoms with van der Waals surface area (Å²) in [6.45, 7) is 0.422. The molecule has 0 spiro atoms. The number of anilines is 1. The number of nitrogens with one attached hydrogen (secondary N) is 2. The minimum atomic E-state index is -0.234. The van der Waals surface area contributed by atoms with Crippen LogP contribution in [0.4, 0.5) is 5.69 Å². The second kappa shape index (κ2) is 5.28. The fourth-order valence-electron chi connectivity index (χ4n) is 1.45. The number of hydrogen-bond donors (Lipinski definition) is 3. The van der Waals surface area contributed by atoms with Crippen LogP contribution in [0.15, 0.2) is 30.7 Å². The van der Waals surface area contributed by atoms with Gasteiger partial charge in [-0.25, -0.2) is 4.98 Å². The highest BCUT2D eigenvalue weighted by Gasteiger charge is 2.07. The van der Waals surface area contributed by atoms with Gasteiger partial charge in [-0.3, -0.25) is 15.3 Å². The first-order valence-electron chi connectivity index (χ1n) is 5.37. The van der Waals surface area contributed by atoms with Gasteiger partial charge in [-0.05, 0) is 12.1 Å². The molecule has 0 bridgehead atoms. The molecule has 2 aromatic rings. The van der Waals surface area contributed by atoms with Crippen molar-refractivity contribution in [1.82, 2.24) is 20.1 Å². The van der Waals surface area contributed by atoms with Crippen LogP contribution in [0.3, 0.4) is 0 Å². The number of rotatable bonds is 4. The molecule has 0 atom stereocenters. The van der Waals surface area contributed by atoms with Crippen LogP contribution >= 0.6 is 0 Å². The summed E-state index contributed by atoms with van der Waals surface area (Å²) in [5.41, 5.74) is 4.38. The van der Waals surface area contributed by atoms with Gasteiger partial charge in [0.15, 0.2) is 0 Å². The number of aryl methyl sites for hydroxylation is 1. The van der Waals surface area contributed by atoms with Gasteiger partial charge in [0.25, 0.3) is 5.91 Å². The average molecular weight is 246 g/mol. The van der Waals surface area contributed by atoms with E-state index in [9.17, 15) is 4.79 Å². The van der Waals surface area contributed by atoms with E-state index < -0.39 is 0 Å². The van der Waals surface area contributed by atoms with Gasteiger partial charge < -0.3 is 10.7 Å². The number of carbonyl (C=O) groups is 1. The highest BCUT2D eigenvalue weighted by molar-refractivity contribution is 5.92. The van der Waals surface area contributed by atoms with Crippen LogP contribution in [0.1, 0.15) is 16.1 Å². The first-order chi connectivity index (χ1) is 8.69. The van der Waals surface area contributed by atoms with Gasteiger partial charge in [-0.1, -0.05) is 0 Å². The number of hydrazine groups is 1. The molecule has 2 aromatic heterocycles. The van der Waals surface area contributed by atoms with Crippen molar-refractivity contribution in [2.24, 2.45) is 12.9 Å². The molecule has 0 aliphatic carbocycles. The van der Waals surface area contributed by atoms with Crippen LogP contribution in [0.2, 0.25) is 0 Å². The summed E-state index contributed by atoms with van der Waals surface area (Å²) in [5.74, 6) is 4.98. The minimum absolute atomic E-state index is 0.234. The van der Waals surface area contributed by atoms with Crippen molar-refractivity contribution < 1.29 is 4.79 Å². The van der Waals surface area contributed by atoms with Gasteiger partial charge in [-0.15, -0.1) is 0 Å². The van der Waals surface area contributed by atoms with E-state index in [2.05, 4.69) is 20.8 Å². The number of carbonyl (C=O) groups excluding carboxylic acids is 1. The molecule has 0 aliphatic rings. The standard InChI is InChI=1S/C11H14N6O/c1-17-7-8(5-15-17)4-14-11(18)10-3-2-9(16-12)6-13-10/h2-3,5-7,16H,4,12H2,1H3,(H,14,18). The molecular weight excluding hydrogens is 232 g/mol. The maximum absolute atomic E-state index is 11.8. The lowest BCUT2D eigenvalue weighted by Gasteiger charge is -2.04. The summed E-state index contributed by atoms with van der Waals surface area (Å²) in [6.07, 6.45) is 5.04. The van der Waals surface area contributed by atoms with Crippen LogP contribution in [-0.4, -0.2) is 20.7 Å². The molecule has 18 heavy (non-hydrogen) atoms. The highest BCUT2D eigenvalue weighted by Crippen LogP contribution is 2.04. The third-order valence-corrected chi connectivity index (χ3v) is 2.37. The first kappa shape index (κ1) is 12.1. The van der Waals surface area contributed by atoms with Crippen LogP contribution in [0.5, 0.6) is 0 Å². The number of amides is 1. The summed E-state index contributed by atoms with van der Waals surface area (Å²) in [7, 11) is 1.82. The van der Waals surface area contributed by atoms with E-state index in [0.29, 0.717) is 17.9 Å². The minimum Gasteiger partial charge on any atom is -0.347 e. The van der Waals surface area contributed by atoms with Crippen molar-refractivity contribution >= 4 is 11.6 Å². The number of nitrogen functional groups attached to an aromatic ring is 1. The molecule has 0 saturated heterocycles. The Morgan fingerprint density at radius 3 is 2.83 bits per heavy atom. The summed E-state index contributed by atoms with van der Waals surface area (Å²) in [6, 6.07) is 3.29. The third-order valence-electron chi connectivity index (χ3n) is 2.37. The van der Waals surface area contributed by atoms with Gasteiger partial charge in [0.1, 0.15) is 5.69 Å². The fraction of sp³-hybridized carbons (Fsp3) is 0.182. The average Bonchev–Trinajstić information content (AvgIpc) is 2.82. The predicted octanol–water partition coefficient (Wildman–Crippen LogP) is 0.0307. The van der Waals surface area contributed by atoms with E-state index in [-0.39, 0.29) is 5.91 Å². The zero-order valence-electron chi connectivity index (χ0n) is 9.92. The van der Waals surface area contributed by atoms with Crippen molar-refractivity contribution in [2.45, 2.75) is 6.54 Å². The molecule has 7 heteroatoms. The Labute approximate surface area is 104 Å². The van der Waals surface area contributed by atoms with Crippen LogP contribution in [0, 0.1) is 0 Å². The van der Waals surface area contributed by atoms with Gasteiger partial charge in [0, 0.05) is 25.4 Å². The molecule has 2 rings (SSSR count). The smallest absolute Gasteiger partial charge is 0.270 e. The number of pyridine rings is 1. The van der Waals surface area contributed by atoms with Gasteiger partial charge in [-0.2, -0.15) is 5.10 Å². The van der Waals surface area contributed by atoms with Gasteiger partial charge >= 0.3 is 0 Å². The maximum Gasteiger partial charge on any atom is 0.270 e. The Kier molecular flexibility index (Phi) is 3.54. The zero-order chi connectivity index (χ0) is 13.0. The summed E-state index contributed by atoms with van der Waals surface area (Å²) in [4.78, 5) is 15.8. The Morgan fingerprint density at radius 1 is 1.44 bits per heavy atom. The first-order valence-corrected chi connectivity index (χ1v) is 5.37. The Balaban J connectivity index is 1.94. The second-order valence-electron chi connectivity index (χ2n) is 3.78. The van der Waals surface area contributed by atoms with E-state index in [0.717, 1.165) is 5.56 Å². The van der Waals surface area contributed by atoms with Gasteiger partial charge in [0.2, 0.25) is 0 Å². The van der Waals surface area contributed by atoms with Crippen LogP contribution in [0.25, 0.3) is 0 Å². The van der Waals surface area contributed by atoms with Crippen molar-refractivity contribution in [3.8, 4) is 0 Å². The molecule has 0 aliphatic heterocycles. The zero-order valence-corrected chi connectivity index (χ0v) is 9.92. The summed E-state index contributed by atoms with van der Waals surface area (Å²) in [5, 5.41) is 6.78. The molecule has 4 N–H and O–H groups in total. The third kappa shape index (κ3) is 2.83.